The zero-order chi connectivity index (χ0) is 15.1. The van der Waals surface area contributed by atoms with Crippen LogP contribution in [0.25, 0.3) is 0 Å². The molecule has 0 aliphatic heterocycles. The third-order valence-electron chi connectivity index (χ3n) is 2.84. The van der Waals surface area contributed by atoms with Crippen molar-refractivity contribution in [1.29, 1.82) is 0 Å². The number of aliphatic imine (C=N–C) groups is 1. The number of hydrogen-bond acceptors (Lipinski definition) is 4. The normalized spacial score (nSPS) is 11.2. The van der Waals surface area contributed by atoms with Gasteiger partial charge in [-0.05, 0) is 17.0 Å². The highest BCUT2D eigenvalue weighted by Gasteiger charge is 2.04. The Morgan fingerprint density at radius 1 is 1.24 bits per heavy atom. The number of benzene rings is 1. The van der Waals surface area contributed by atoms with E-state index in [1.54, 1.807) is 30.5 Å². The molecule has 2 N–H and O–H groups in total. The molecule has 0 fully saturated rings. The van der Waals surface area contributed by atoms with Crippen LogP contribution in [-0.2, 0) is 13.1 Å². The van der Waals surface area contributed by atoms with E-state index in [-0.39, 0.29) is 5.69 Å². The summed E-state index contributed by atoms with van der Waals surface area (Å²) >= 11 is 1.69. The van der Waals surface area contributed by atoms with Crippen LogP contribution in [0.15, 0.2) is 46.8 Å². The number of nitro benzene ring substituents is 1. The smallest absolute Gasteiger partial charge is 0.269 e. The van der Waals surface area contributed by atoms with Crippen molar-refractivity contribution in [2.75, 3.05) is 7.05 Å². The van der Waals surface area contributed by atoms with Gasteiger partial charge in [0.2, 0.25) is 0 Å². The van der Waals surface area contributed by atoms with Crippen LogP contribution >= 0.6 is 11.3 Å². The van der Waals surface area contributed by atoms with E-state index in [0.29, 0.717) is 12.5 Å². The first kappa shape index (κ1) is 15.0. The maximum atomic E-state index is 10.6. The highest BCUT2D eigenvalue weighted by Crippen LogP contribution is 2.11. The number of non-ortho nitro benzene ring substituents is 1. The number of nitrogens with zero attached hydrogens (tertiary/aromatic N) is 2. The Morgan fingerprint density at radius 2 is 1.95 bits per heavy atom. The van der Waals surface area contributed by atoms with Gasteiger partial charge in [0.15, 0.2) is 5.96 Å². The fourth-order valence-corrected chi connectivity index (χ4v) is 2.37. The van der Waals surface area contributed by atoms with Gasteiger partial charge in [0, 0.05) is 30.6 Å². The molecule has 2 aromatic rings. The zero-order valence-corrected chi connectivity index (χ0v) is 12.4. The minimum Gasteiger partial charge on any atom is -0.352 e. The molecular weight excluding hydrogens is 288 g/mol. The molecule has 6 nitrogen and oxygen atoms in total. The number of rotatable bonds is 5. The van der Waals surface area contributed by atoms with Gasteiger partial charge in [0.25, 0.3) is 5.69 Å². The number of hydrogen-bond donors (Lipinski definition) is 2. The fourth-order valence-electron chi connectivity index (χ4n) is 1.73. The van der Waals surface area contributed by atoms with E-state index in [1.807, 2.05) is 11.4 Å². The molecule has 0 saturated heterocycles. The first-order valence-corrected chi connectivity index (χ1v) is 7.27. The van der Waals surface area contributed by atoms with Crippen molar-refractivity contribution in [3.8, 4) is 0 Å². The predicted molar refractivity (Wildman–Crippen MR) is 84.5 cm³/mol. The number of guanidine groups is 1. The number of thiophene rings is 1. The quantitative estimate of drug-likeness (QED) is 0.385. The summed E-state index contributed by atoms with van der Waals surface area (Å²) < 4.78 is 0. The van der Waals surface area contributed by atoms with E-state index in [0.717, 1.165) is 12.1 Å². The lowest BCUT2D eigenvalue weighted by atomic mass is 10.2. The highest BCUT2D eigenvalue weighted by molar-refractivity contribution is 7.09. The zero-order valence-electron chi connectivity index (χ0n) is 11.6. The SMILES string of the molecule is CN=C(NCc1ccc([N+](=O)[O-])cc1)NCc1cccs1. The molecule has 110 valence electrons. The molecular formula is C14H16N4O2S. The summed E-state index contributed by atoms with van der Waals surface area (Å²) in [6, 6.07) is 10.5. The highest BCUT2D eigenvalue weighted by atomic mass is 32.1. The molecule has 1 heterocycles. The van der Waals surface area contributed by atoms with E-state index >= 15 is 0 Å². The van der Waals surface area contributed by atoms with Crippen molar-refractivity contribution in [2.24, 2.45) is 4.99 Å². The maximum Gasteiger partial charge on any atom is 0.269 e. The van der Waals surface area contributed by atoms with Gasteiger partial charge in [-0.2, -0.15) is 0 Å². The van der Waals surface area contributed by atoms with E-state index in [4.69, 9.17) is 0 Å². The average molecular weight is 304 g/mol. The Labute approximate surface area is 126 Å². The van der Waals surface area contributed by atoms with E-state index < -0.39 is 4.92 Å². The second-order valence-electron chi connectivity index (χ2n) is 4.28. The number of nitrogens with one attached hydrogen (secondary N) is 2. The lowest BCUT2D eigenvalue weighted by molar-refractivity contribution is -0.384. The molecule has 0 atom stereocenters. The lowest BCUT2D eigenvalue weighted by Gasteiger charge is -2.11. The van der Waals surface area contributed by atoms with Gasteiger partial charge in [0.05, 0.1) is 11.5 Å². The molecule has 0 radical (unpaired) electrons. The first-order chi connectivity index (χ1) is 10.2. The molecule has 2 rings (SSSR count). The minimum atomic E-state index is -0.404. The lowest BCUT2D eigenvalue weighted by Crippen LogP contribution is -2.36. The second-order valence-corrected chi connectivity index (χ2v) is 5.31. The maximum absolute atomic E-state index is 10.6. The van der Waals surface area contributed by atoms with Gasteiger partial charge in [-0.3, -0.25) is 15.1 Å². The minimum absolute atomic E-state index is 0.0963. The van der Waals surface area contributed by atoms with Crippen LogP contribution in [0.1, 0.15) is 10.4 Å². The Bertz CT molecular complexity index is 608. The van der Waals surface area contributed by atoms with Gasteiger partial charge < -0.3 is 10.6 Å². The van der Waals surface area contributed by atoms with Crippen LogP contribution in [0.5, 0.6) is 0 Å². The van der Waals surface area contributed by atoms with Gasteiger partial charge in [0.1, 0.15) is 0 Å². The Morgan fingerprint density at radius 3 is 2.52 bits per heavy atom. The van der Waals surface area contributed by atoms with Crippen molar-refractivity contribution < 1.29 is 4.92 Å². The molecule has 0 amide bonds. The monoisotopic (exact) mass is 304 g/mol. The van der Waals surface area contributed by atoms with Gasteiger partial charge in [-0.1, -0.05) is 18.2 Å². The Balaban J connectivity index is 1.83. The van der Waals surface area contributed by atoms with Crippen LogP contribution in [-0.4, -0.2) is 17.9 Å². The van der Waals surface area contributed by atoms with Crippen molar-refractivity contribution in [3.05, 3.63) is 62.3 Å². The predicted octanol–water partition coefficient (Wildman–Crippen LogP) is 2.52. The molecule has 21 heavy (non-hydrogen) atoms. The molecule has 1 aromatic heterocycles. The van der Waals surface area contributed by atoms with E-state index in [9.17, 15) is 10.1 Å². The molecule has 0 spiro atoms. The standard InChI is InChI=1S/C14H16N4O2S/c1-15-14(17-10-13-3-2-8-21-13)16-9-11-4-6-12(7-5-11)18(19)20/h2-8H,9-10H2,1H3,(H2,15,16,17). The summed E-state index contributed by atoms with van der Waals surface area (Å²) in [5, 5.41) is 19.0. The molecule has 7 heteroatoms. The van der Waals surface area contributed by atoms with E-state index in [2.05, 4.69) is 21.7 Å². The van der Waals surface area contributed by atoms with Crippen LogP contribution < -0.4 is 10.6 Å². The molecule has 0 aliphatic rings. The topological polar surface area (TPSA) is 79.6 Å². The third kappa shape index (κ3) is 4.57. The molecule has 0 unspecified atom stereocenters. The van der Waals surface area contributed by atoms with Gasteiger partial charge in [-0.15, -0.1) is 11.3 Å². The molecule has 0 saturated carbocycles. The van der Waals surface area contributed by atoms with Gasteiger partial charge >= 0.3 is 0 Å². The Kier molecular flexibility index (Phi) is 5.28. The van der Waals surface area contributed by atoms with Crippen molar-refractivity contribution in [1.82, 2.24) is 10.6 Å². The third-order valence-corrected chi connectivity index (χ3v) is 3.72. The first-order valence-electron chi connectivity index (χ1n) is 6.39. The van der Waals surface area contributed by atoms with Gasteiger partial charge in [-0.25, -0.2) is 0 Å². The van der Waals surface area contributed by atoms with Crippen LogP contribution in [0.3, 0.4) is 0 Å². The molecule has 0 bridgehead atoms. The average Bonchev–Trinajstić information content (AvgIpc) is 3.01. The summed E-state index contributed by atoms with van der Waals surface area (Å²) in [5.41, 5.74) is 1.05. The fraction of sp³-hybridized carbons (Fsp3) is 0.214. The van der Waals surface area contributed by atoms with Crippen LogP contribution in [0.2, 0.25) is 0 Å². The van der Waals surface area contributed by atoms with Crippen molar-refractivity contribution >= 4 is 23.0 Å². The van der Waals surface area contributed by atoms with Crippen molar-refractivity contribution in [2.45, 2.75) is 13.1 Å². The molecule has 1 aromatic carbocycles. The second kappa shape index (κ2) is 7.39. The largest absolute Gasteiger partial charge is 0.352 e. The van der Waals surface area contributed by atoms with E-state index in [1.165, 1.54) is 17.0 Å². The summed E-state index contributed by atoms with van der Waals surface area (Å²) in [7, 11) is 1.71. The van der Waals surface area contributed by atoms with Crippen molar-refractivity contribution in [3.63, 3.8) is 0 Å². The summed E-state index contributed by atoms with van der Waals surface area (Å²) in [5.74, 6) is 0.696. The molecule has 0 aliphatic carbocycles. The van der Waals surface area contributed by atoms with Crippen LogP contribution in [0.4, 0.5) is 5.69 Å². The van der Waals surface area contributed by atoms with Crippen LogP contribution in [0, 0.1) is 10.1 Å². The summed E-state index contributed by atoms with van der Waals surface area (Å²) in [6.45, 7) is 1.28. The number of nitro groups is 1. The summed E-state index contributed by atoms with van der Waals surface area (Å²) in [4.78, 5) is 15.5. The summed E-state index contributed by atoms with van der Waals surface area (Å²) in [6.07, 6.45) is 0. The Hall–Kier alpha value is -2.41.